The Morgan fingerprint density at radius 2 is 2.00 bits per heavy atom. The second kappa shape index (κ2) is 4.85. The first-order valence-electron chi connectivity index (χ1n) is 6.33. The molecule has 0 aliphatic carbocycles. The van der Waals surface area contributed by atoms with E-state index >= 15 is 0 Å². The summed E-state index contributed by atoms with van der Waals surface area (Å²) in [6.07, 6.45) is 0.190. The summed E-state index contributed by atoms with van der Waals surface area (Å²) >= 11 is 1.15. The van der Waals surface area contributed by atoms with Crippen molar-refractivity contribution < 1.29 is 18.3 Å². The summed E-state index contributed by atoms with van der Waals surface area (Å²) in [7, 11) is -3.85. The van der Waals surface area contributed by atoms with E-state index in [0.29, 0.717) is 5.69 Å². The Bertz CT molecular complexity index is 810. The highest BCUT2D eigenvalue weighted by Gasteiger charge is 2.42. The van der Waals surface area contributed by atoms with E-state index in [-0.39, 0.29) is 10.6 Å². The molecule has 0 amide bonds. The van der Waals surface area contributed by atoms with Crippen LogP contribution >= 0.6 is 11.3 Å². The van der Waals surface area contributed by atoms with Crippen molar-refractivity contribution in [3.8, 4) is 0 Å². The molecule has 5 nitrogen and oxygen atoms in total. The van der Waals surface area contributed by atoms with Crippen molar-refractivity contribution in [2.24, 2.45) is 0 Å². The molecule has 1 N–H and O–H groups in total. The van der Waals surface area contributed by atoms with Crippen LogP contribution < -0.4 is 4.31 Å². The van der Waals surface area contributed by atoms with Crippen molar-refractivity contribution in [1.29, 1.82) is 0 Å². The lowest BCUT2D eigenvalue weighted by Crippen LogP contribution is -2.42. The summed E-state index contributed by atoms with van der Waals surface area (Å²) in [5.41, 5.74) is 1.19. The summed E-state index contributed by atoms with van der Waals surface area (Å²) in [6.45, 7) is 1.82. The van der Waals surface area contributed by atoms with Gasteiger partial charge in [0, 0.05) is 11.3 Å². The number of fused-ring (bicyclic) bond motifs is 1. The number of benzene rings is 1. The van der Waals surface area contributed by atoms with Gasteiger partial charge in [0.15, 0.2) is 0 Å². The predicted molar refractivity (Wildman–Crippen MR) is 80.3 cm³/mol. The molecule has 0 spiro atoms. The molecule has 0 saturated carbocycles. The number of aliphatic carboxylic acids is 1. The Hall–Kier alpha value is -1.86. The van der Waals surface area contributed by atoms with Crippen LogP contribution in [0.5, 0.6) is 0 Å². The van der Waals surface area contributed by atoms with Crippen LogP contribution in [0.1, 0.15) is 10.4 Å². The van der Waals surface area contributed by atoms with Gasteiger partial charge in [-0.3, -0.25) is 4.31 Å². The van der Waals surface area contributed by atoms with E-state index < -0.39 is 22.0 Å². The number of thiophene rings is 1. The molecule has 1 atom stereocenters. The number of nitrogens with zero attached hydrogens (tertiary/aromatic N) is 1. The zero-order valence-electron chi connectivity index (χ0n) is 11.2. The van der Waals surface area contributed by atoms with Crippen molar-refractivity contribution in [3.05, 3.63) is 46.8 Å². The Kier molecular flexibility index (Phi) is 3.26. The molecular weight excluding hydrogens is 310 g/mol. The maximum Gasteiger partial charge on any atom is 0.327 e. The lowest BCUT2D eigenvalue weighted by atomic mass is 10.1. The summed E-state index contributed by atoms with van der Waals surface area (Å²) in [4.78, 5) is 12.3. The van der Waals surface area contributed by atoms with Gasteiger partial charge in [0.05, 0.1) is 5.69 Å². The van der Waals surface area contributed by atoms with Crippen molar-refractivity contribution in [1.82, 2.24) is 0 Å². The van der Waals surface area contributed by atoms with Crippen LogP contribution in [0.15, 0.2) is 40.6 Å². The molecule has 21 heavy (non-hydrogen) atoms. The minimum Gasteiger partial charge on any atom is -0.480 e. The number of hydrogen-bond acceptors (Lipinski definition) is 4. The molecule has 0 bridgehead atoms. The van der Waals surface area contributed by atoms with Crippen LogP contribution in [0.3, 0.4) is 0 Å². The number of carboxylic acids is 1. The maximum atomic E-state index is 12.8. The fourth-order valence-corrected chi connectivity index (χ4v) is 5.51. The molecule has 0 fully saturated rings. The summed E-state index contributed by atoms with van der Waals surface area (Å²) < 4.78 is 26.8. The van der Waals surface area contributed by atoms with Crippen molar-refractivity contribution in [2.45, 2.75) is 23.6 Å². The van der Waals surface area contributed by atoms with Gasteiger partial charge in [-0.2, -0.15) is 0 Å². The third-order valence-electron chi connectivity index (χ3n) is 3.44. The number of hydrogen-bond donors (Lipinski definition) is 1. The van der Waals surface area contributed by atoms with Crippen LogP contribution in [0.25, 0.3) is 0 Å². The lowest BCUT2D eigenvalue weighted by Gasteiger charge is -2.23. The molecule has 7 heteroatoms. The number of sulfonamides is 1. The van der Waals surface area contributed by atoms with E-state index in [1.807, 2.05) is 6.92 Å². The Morgan fingerprint density at radius 1 is 1.29 bits per heavy atom. The van der Waals surface area contributed by atoms with E-state index in [2.05, 4.69) is 0 Å². The Balaban J connectivity index is 2.16. The third kappa shape index (κ3) is 2.22. The molecule has 1 aliphatic heterocycles. The Labute approximate surface area is 126 Å². The summed E-state index contributed by atoms with van der Waals surface area (Å²) in [5.74, 6) is -1.14. The van der Waals surface area contributed by atoms with Gasteiger partial charge in [0.2, 0.25) is 0 Å². The first-order chi connectivity index (χ1) is 9.91. The zero-order valence-corrected chi connectivity index (χ0v) is 12.8. The van der Waals surface area contributed by atoms with Gasteiger partial charge in [0.25, 0.3) is 10.0 Å². The average molecular weight is 323 g/mol. The van der Waals surface area contributed by atoms with Crippen LogP contribution in [0, 0.1) is 6.92 Å². The summed E-state index contributed by atoms with van der Waals surface area (Å²) in [5, 5.41) is 9.37. The normalized spacial score (nSPS) is 17.8. The minimum atomic E-state index is -3.85. The predicted octanol–water partition coefficient (Wildman–Crippen LogP) is 2.26. The largest absolute Gasteiger partial charge is 0.480 e. The maximum absolute atomic E-state index is 12.8. The number of aryl methyl sites for hydroxylation is 1. The SMILES string of the molecule is Cc1ccc(S(=O)(=O)N2c3ccccc3C[C@H]2C(=O)O)s1. The molecule has 0 unspecified atom stereocenters. The van der Waals surface area contributed by atoms with E-state index in [9.17, 15) is 18.3 Å². The van der Waals surface area contributed by atoms with Crippen molar-refractivity contribution in [3.63, 3.8) is 0 Å². The van der Waals surface area contributed by atoms with Gasteiger partial charge < -0.3 is 5.11 Å². The zero-order chi connectivity index (χ0) is 15.2. The van der Waals surface area contributed by atoms with Gasteiger partial charge in [-0.25, -0.2) is 13.2 Å². The molecule has 0 saturated heterocycles. The lowest BCUT2D eigenvalue weighted by molar-refractivity contribution is -0.138. The number of carbonyl (C=O) groups is 1. The summed E-state index contributed by atoms with van der Waals surface area (Å²) in [6, 6.07) is 9.06. The van der Waals surface area contributed by atoms with Gasteiger partial charge in [-0.05, 0) is 30.7 Å². The first-order valence-corrected chi connectivity index (χ1v) is 8.58. The molecule has 1 aromatic carbocycles. The minimum absolute atomic E-state index is 0.169. The first kappa shape index (κ1) is 14.1. The van der Waals surface area contributed by atoms with Crippen LogP contribution in [0.2, 0.25) is 0 Å². The number of carboxylic acid groups (broad SMARTS) is 1. The van der Waals surface area contributed by atoms with E-state index in [0.717, 1.165) is 26.1 Å². The van der Waals surface area contributed by atoms with E-state index in [4.69, 9.17) is 0 Å². The fraction of sp³-hybridized carbons (Fsp3) is 0.214. The molecule has 2 aromatic rings. The standard InChI is InChI=1S/C14H13NO4S2/c1-9-6-7-13(20-9)21(18,19)15-11-5-3-2-4-10(11)8-12(15)14(16)17/h2-7,12H,8H2,1H3,(H,16,17)/t12-/m0/s1. The molecule has 0 radical (unpaired) electrons. The highest BCUT2D eigenvalue weighted by molar-refractivity contribution is 7.94. The highest BCUT2D eigenvalue weighted by Crippen LogP contribution is 2.38. The second-order valence-electron chi connectivity index (χ2n) is 4.85. The molecule has 1 aromatic heterocycles. The van der Waals surface area contributed by atoms with Crippen LogP contribution in [-0.2, 0) is 21.2 Å². The topological polar surface area (TPSA) is 74.7 Å². The third-order valence-corrected chi connectivity index (χ3v) is 6.73. The molecule has 3 rings (SSSR count). The monoisotopic (exact) mass is 323 g/mol. The quantitative estimate of drug-likeness (QED) is 0.940. The molecular formula is C14H13NO4S2. The average Bonchev–Trinajstić information content (AvgIpc) is 3.02. The molecule has 1 aliphatic rings. The van der Waals surface area contributed by atoms with Gasteiger partial charge in [-0.1, -0.05) is 18.2 Å². The van der Waals surface area contributed by atoms with Gasteiger partial charge in [0.1, 0.15) is 10.3 Å². The van der Waals surface area contributed by atoms with Crippen LogP contribution in [0.4, 0.5) is 5.69 Å². The number of anilines is 1. The van der Waals surface area contributed by atoms with Gasteiger partial charge >= 0.3 is 5.97 Å². The molecule has 110 valence electrons. The highest BCUT2D eigenvalue weighted by atomic mass is 32.2. The van der Waals surface area contributed by atoms with E-state index in [1.165, 1.54) is 6.07 Å². The molecule has 2 heterocycles. The van der Waals surface area contributed by atoms with Crippen molar-refractivity contribution in [2.75, 3.05) is 4.31 Å². The number of rotatable bonds is 3. The second-order valence-corrected chi connectivity index (χ2v) is 8.18. The Morgan fingerprint density at radius 3 is 2.62 bits per heavy atom. The van der Waals surface area contributed by atoms with Crippen molar-refractivity contribution >= 4 is 33.0 Å². The number of para-hydroxylation sites is 1. The van der Waals surface area contributed by atoms with Crippen LogP contribution in [-0.4, -0.2) is 25.5 Å². The smallest absolute Gasteiger partial charge is 0.327 e. The fourth-order valence-electron chi connectivity index (χ4n) is 2.49. The van der Waals surface area contributed by atoms with Gasteiger partial charge in [-0.15, -0.1) is 11.3 Å². The van der Waals surface area contributed by atoms with E-state index in [1.54, 1.807) is 30.3 Å².